The first kappa shape index (κ1) is 11.7. The number of hydrogen-bond acceptors (Lipinski definition) is 2. The fraction of sp³-hybridized carbons (Fsp3) is 0.235. The van der Waals surface area contributed by atoms with E-state index in [0.29, 0.717) is 6.54 Å². The molecule has 0 aromatic heterocycles. The Labute approximate surface area is 117 Å². The highest BCUT2D eigenvalue weighted by atomic mass is 16.5. The number of nitrogens with zero attached hydrogens (tertiary/aromatic N) is 1. The summed E-state index contributed by atoms with van der Waals surface area (Å²) in [5, 5.41) is 0. The number of fused-ring (bicyclic) bond motifs is 3. The fourth-order valence-electron chi connectivity index (χ4n) is 3.37. The fourth-order valence-corrected chi connectivity index (χ4v) is 3.37. The first-order valence-electron chi connectivity index (χ1n) is 6.88. The Bertz CT molecular complexity index is 682. The van der Waals surface area contributed by atoms with Gasteiger partial charge in [-0.25, -0.2) is 0 Å². The summed E-state index contributed by atoms with van der Waals surface area (Å²) in [6, 6.07) is 17.8. The Balaban J connectivity index is 2.01. The first-order valence-corrected chi connectivity index (χ1v) is 6.88. The second kappa shape index (κ2) is 3.93. The van der Waals surface area contributed by atoms with Crippen molar-refractivity contribution in [2.75, 3.05) is 6.54 Å². The zero-order chi connectivity index (χ0) is 13.7. The maximum absolute atomic E-state index is 12.6. The number of carbonyl (C=O) groups excluding carboxylic acids is 1. The van der Waals surface area contributed by atoms with Crippen LogP contribution in [-0.4, -0.2) is 23.5 Å². The molecule has 0 unspecified atom stereocenters. The largest absolute Gasteiger partial charge is 0.342 e. The smallest absolute Gasteiger partial charge is 0.257 e. The minimum atomic E-state index is -0.742. The van der Waals surface area contributed by atoms with Gasteiger partial charge in [0.15, 0.2) is 5.72 Å². The summed E-state index contributed by atoms with van der Waals surface area (Å²) >= 11 is 0. The number of benzene rings is 2. The van der Waals surface area contributed by atoms with Crippen LogP contribution >= 0.6 is 0 Å². The van der Waals surface area contributed by atoms with E-state index in [-0.39, 0.29) is 12.0 Å². The van der Waals surface area contributed by atoms with Gasteiger partial charge >= 0.3 is 0 Å². The molecular formula is C17H15NO2. The number of rotatable bonds is 1. The van der Waals surface area contributed by atoms with Crippen LogP contribution in [0.5, 0.6) is 0 Å². The van der Waals surface area contributed by atoms with Crippen LogP contribution in [0.4, 0.5) is 0 Å². The van der Waals surface area contributed by atoms with Gasteiger partial charge in [-0.3, -0.25) is 9.69 Å². The van der Waals surface area contributed by atoms with Gasteiger partial charge in [-0.2, -0.15) is 0 Å². The van der Waals surface area contributed by atoms with Gasteiger partial charge in [0, 0.05) is 16.7 Å². The lowest BCUT2D eigenvalue weighted by Crippen LogP contribution is -2.40. The SMILES string of the molecule is C[C@H]1CN2C(=O)c3ccccc3[C@@]2(c2ccccc2)O1. The maximum Gasteiger partial charge on any atom is 0.257 e. The van der Waals surface area contributed by atoms with Crippen LogP contribution in [-0.2, 0) is 10.5 Å². The number of carbonyl (C=O) groups is 1. The lowest BCUT2D eigenvalue weighted by atomic mass is 9.94. The summed E-state index contributed by atoms with van der Waals surface area (Å²) in [6.45, 7) is 2.64. The Kier molecular flexibility index (Phi) is 2.30. The van der Waals surface area contributed by atoms with Crippen molar-refractivity contribution in [3.8, 4) is 0 Å². The average molecular weight is 265 g/mol. The maximum atomic E-state index is 12.6. The molecule has 4 rings (SSSR count). The Morgan fingerprint density at radius 1 is 1.10 bits per heavy atom. The zero-order valence-corrected chi connectivity index (χ0v) is 11.2. The van der Waals surface area contributed by atoms with Crippen molar-refractivity contribution in [3.63, 3.8) is 0 Å². The second-order valence-electron chi connectivity index (χ2n) is 5.40. The highest BCUT2D eigenvalue weighted by Gasteiger charge is 2.56. The molecule has 2 aromatic carbocycles. The van der Waals surface area contributed by atoms with Gasteiger partial charge in [0.25, 0.3) is 5.91 Å². The molecule has 3 nitrogen and oxygen atoms in total. The van der Waals surface area contributed by atoms with Gasteiger partial charge in [-0.05, 0) is 13.0 Å². The Morgan fingerprint density at radius 3 is 2.60 bits per heavy atom. The van der Waals surface area contributed by atoms with Gasteiger partial charge in [0.2, 0.25) is 0 Å². The molecule has 2 aliphatic heterocycles. The molecule has 0 radical (unpaired) electrons. The van der Waals surface area contributed by atoms with Crippen molar-refractivity contribution < 1.29 is 9.53 Å². The molecule has 0 N–H and O–H groups in total. The molecule has 0 bridgehead atoms. The molecule has 1 fully saturated rings. The van der Waals surface area contributed by atoms with Crippen molar-refractivity contribution in [3.05, 3.63) is 71.3 Å². The van der Waals surface area contributed by atoms with Gasteiger partial charge in [-0.15, -0.1) is 0 Å². The third-order valence-electron chi connectivity index (χ3n) is 4.12. The predicted molar refractivity (Wildman–Crippen MR) is 75.2 cm³/mol. The molecule has 2 heterocycles. The molecule has 0 saturated carbocycles. The quantitative estimate of drug-likeness (QED) is 0.793. The van der Waals surface area contributed by atoms with Crippen molar-refractivity contribution in [2.45, 2.75) is 18.8 Å². The minimum Gasteiger partial charge on any atom is -0.342 e. The first-order chi connectivity index (χ1) is 9.73. The average Bonchev–Trinajstić information content (AvgIpc) is 2.95. The van der Waals surface area contributed by atoms with E-state index in [4.69, 9.17) is 4.74 Å². The molecule has 20 heavy (non-hydrogen) atoms. The van der Waals surface area contributed by atoms with Gasteiger partial charge in [0.1, 0.15) is 0 Å². The summed E-state index contributed by atoms with van der Waals surface area (Å²) in [7, 11) is 0. The van der Waals surface area contributed by atoms with Crippen LogP contribution in [0, 0.1) is 0 Å². The zero-order valence-electron chi connectivity index (χ0n) is 11.2. The molecule has 100 valence electrons. The van der Waals surface area contributed by atoms with Crippen molar-refractivity contribution in [2.24, 2.45) is 0 Å². The third-order valence-corrected chi connectivity index (χ3v) is 4.12. The third kappa shape index (κ3) is 1.30. The minimum absolute atomic E-state index is 0.0347. The highest BCUT2D eigenvalue weighted by Crippen LogP contribution is 2.49. The number of amides is 1. The molecule has 0 aliphatic carbocycles. The van der Waals surface area contributed by atoms with Gasteiger partial charge in [-0.1, -0.05) is 48.5 Å². The van der Waals surface area contributed by atoms with Crippen molar-refractivity contribution >= 4 is 5.91 Å². The van der Waals surface area contributed by atoms with E-state index >= 15 is 0 Å². The molecule has 2 aromatic rings. The molecule has 2 atom stereocenters. The lowest BCUT2D eigenvalue weighted by Gasteiger charge is -2.32. The lowest BCUT2D eigenvalue weighted by molar-refractivity contribution is -0.0542. The van der Waals surface area contributed by atoms with Crippen LogP contribution in [0.2, 0.25) is 0 Å². The molecule has 3 heteroatoms. The Hall–Kier alpha value is -2.13. The monoisotopic (exact) mass is 265 g/mol. The van der Waals surface area contributed by atoms with Crippen LogP contribution in [0.15, 0.2) is 54.6 Å². The van der Waals surface area contributed by atoms with Gasteiger partial charge in [0.05, 0.1) is 12.6 Å². The van der Waals surface area contributed by atoms with Crippen molar-refractivity contribution in [1.29, 1.82) is 0 Å². The van der Waals surface area contributed by atoms with Crippen LogP contribution in [0.25, 0.3) is 0 Å². The summed E-state index contributed by atoms with van der Waals surface area (Å²) in [6.07, 6.45) is 0.0347. The van der Waals surface area contributed by atoms with E-state index in [1.807, 2.05) is 66.4 Å². The highest BCUT2D eigenvalue weighted by molar-refractivity contribution is 6.00. The topological polar surface area (TPSA) is 29.5 Å². The normalized spacial score (nSPS) is 27.6. The van der Waals surface area contributed by atoms with Crippen LogP contribution < -0.4 is 0 Å². The summed E-state index contributed by atoms with van der Waals surface area (Å²) in [5.74, 6) is 0.0637. The number of ether oxygens (including phenoxy) is 1. The van der Waals surface area contributed by atoms with E-state index in [1.165, 1.54) is 0 Å². The molecule has 0 spiro atoms. The predicted octanol–water partition coefficient (Wildman–Crippen LogP) is 2.76. The standard InChI is InChI=1S/C17H15NO2/c1-12-11-18-16(19)14-9-5-6-10-15(14)17(18,20-12)13-7-3-2-4-8-13/h2-10,12H,11H2,1H3/t12-,17+/m0/s1. The second-order valence-corrected chi connectivity index (χ2v) is 5.40. The summed E-state index contributed by atoms with van der Waals surface area (Å²) in [5.41, 5.74) is 1.99. The van der Waals surface area contributed by atoms with Crippen molar-refractivity contribution in [1.82, 2.24) is 4.90 Å². The van der Waals surface area contributed by atoms with E-state index in [0.717, 1.165) is 16.7 Å². The van der Waals surface area contributed by atoms with E-state index in [1.54, 1.807) is 0 Å². The molecule has 2 aliphatic rings. The Morgan fingerprint density at radius 2 is 1.80 bits per heavy atom. The summed E-state index contributed by atoms with van der Waals surface area (Å²) < 4.78 is 6.26. The van der Waals surface area contributed by atoms with Gasteiger partial charge < -0.3 is 4.74 Å². The molecular weight excluding hydrogens is 250 g/mol. The summed E-state index contributed by atoms with van der Waals surface area (Å²) in [4.78, 5) is 14.5. The van der Waals surface area contributed by atoms with Crippen LogP contribution in [0.1, 0.15) is 28.4 Å². The number of hydrogen-bond donors (Lipinski definition) is 0. The van der Waals surface area contributed by atoms with Crippen LogP contribution in [0.3, 0.4) is 0 Å². The van der Waals surface area contributed by atoms with E-state index in [9.17, 15) is 4.79 Å². The van der Waals surface area contributed by atoms with E-state index in [2.05, 4.69) is 0 Å². The molecule has 1 amide bonds. The molecule has 1 saturated heterocycles. The van der Waals surface area contributed by atoms with E-state index < -0.39 is 5.72 Å².